The van der Waals surface area contributed by atoms with Crippen molar-refractivity contribution in [2.45, 2.75) is 18.1 Å². The van der Waals surface area contributed by atoms with Gasteiger partial charge in [-0.25, -0.2) is 19.7 Å². The zero-order valence-electron chi connectivity index (χ0n) is 20.2. The molecule has 0 aliphatic carbocycles. The molecule has 14 heteroatoms. The molecule has 6 rings (SSSR count). The third kappa shape index (κ3) is 4.10. The van der Waals surface area contributed by atoms with Gasteiger partial charge in [0.05, 0.1) is 35.0 Å². The summed E-state index contributed by atoms with van der Waals surface area (Å²) in [4.78, 5) is 39.6. The van der Waals surface area contributed by atoms with Crippen LogP contribution in [0, 0.1) is 0 Å². The van der Waals surface area contributed by atoms with Crippen molar-refractivity contribution < 1.29 is 24.3 Å². The maximum atomic E-state index is 12.4. The summed E-state index contributed by atoms with van der Waals surface area (Å²) in [6, 6.07) is 8.59. The number of carbonyl (C=O) groups is 2. The van der Waals surface area contributed by atoms with Gasteiger partial charge in [-0.1, -0.05) is 11.2 Å². The van der Waals surface area contributed by atoms with E-state index >= 15 is 0 Å². The van der Waals surface area contributed by atoms with Gasteiger partial charge in [0, 0.05) is 51.6 Å². The molecule has 0 saturated carbocycles. The van der Waals surface area contributed by atoms with Gasteiger partial charge in [0.1, 0.15) is 5.69 Å². The summed E-state index contributed by atoms with van der Waals surface area (Å²) in [5.41, 5.74) is 0.930. The molecule has 2 saturated heterocycles. The van der Waals surface area contributed by atoms with Gasteiger partial charge in [0.25, 0.3) is 5.91 Å². The minimum Gasteiger partial charge on any atom is -0.465 e. The number of likely N-dealkylation sites (tertiary alicyclic amines) is 2. The summed E-state index contributed by atoms with van der Waals surface area (Å²) in [6.07, 6.45) is 4.30. The first-order chi connectivity index (χ1) is 18.3. The van der Waals surface area contributed by atoms with Gasteiger partial charge in [0.15, 0.2) is 5.76 Å². The van der Waals surface area contributed by atoms with E-state index in [-0.39, 0.29) is 18.2 Å². The highest BCUT2D eigenvalue weighted by Crippen LogP contribution is 2.34. The Kier molecular flexibility index (Phi) is 5.52. The van der Waals surface area contributed by atoms with E-state index in [4.69, 9.17) is 9.63 Å². The molecule has 2 fully saturated rings. The predicted octanol–water partition coefficient (Wildman–Crippen LogP) is 1.72. The number of anilines is 2. The van der Waals surface area contributed by atoms with E-state index in [1.807, 2.05) is 0 Å². The smallest absolute Gasteiger partial charge is 0.407 e. The quantitative estimate of drug-likeness (QED) is 0.339. The van der Waals surface area contributed by atoms with Crippen LogP contribution in [0.25, 0.3) is 22.8 Å². The number of rotatable bonds is 6. The number of nitrogens with zero attached hydrogens (tertiary/aromatic N) is 8. The molecular weight excluding hydrogens is 494 g/mol. The van der Waals surface area contributed by atoms with Gasteiger partial charge in [-0.3, -0.25) is 9.48 Å². The molecule has 0 spiro atoms. The molecule has 0 aromatic carbocycles. The van der Waals surface area contributed by atoms with E-state index in [0.717, 1.165) is 0 Å². The van der Waals surface area contributed by atoms with Crippen LogP contribution in [0.3, 0.4) is 0 Å². The highest BCUT2D eigenvalue weighted by Gasteiger charge is 2.48. The lowest BCUT2D eigenvalue weighted by molar-refractivity contribution is -0.144. The molecule has 14 nitrogen and oxygen atoms in total. The second-order valence-corrected chi connectivity index (χ2v) is 9.26. The first kappa shape index (κ1) is 23.5. The minimum atomic E-state index is -1.73. The van der Waals surface area contributed by atoms with Crippen LogP contribution in [0.2, 0.25) is 0 Å². The van der Waals surface area contributed by atoms with Crippen LogP contribution in [0.5, 0.6) is 0 Å². The SMILES string of the molecule is CN1CC[C@@](O)(c2cc(-c3cccc(-c4ccnc(Nc5cnn(C6CN(C(=O)O)C6)c5)n4)n3)no2)C1=O. The second-order valence-electron chi connectivity index (χ2n) is 9.26. The van der Waals surface area contributed by atoms with Crippen molar-refractivity contribution in [3.63, 3.8) is 0 Å². The van der Waals surface area contributed by atoms with Crippen molar-refractivity contribution in [1.82, 2.24) is 39.7 Å². The Morgan fingerprint density at radius 2 is 1.92 bits per heavy atom. The number of nitrogens with one attached hydrogen (secondary N) is 1. The van der Waals surface area contributed by atoms with E-state index in [0.29, 0.717) is 54.0 Å². The minimum absolute atomic E-state index is 0.00806. The maximum Gasteiger partial charge on any atom is 0.407 e. The van der Waals surface area contributed by atoms with Crippen LogP contribution in [0.15, 0.2) is 53.4 Å². The molecule has 4 aromatic rings. The molecule has 0 bridgehead atoms. The highest BCUT2D eigenvalue weighted by molar-refractivity contribution is 5.87. The number of hydrogen-bond donors (Lipinski definition) is 3. The molecule has 2 amide bonds. The molecule has 1 atom stereocenters. The predicted molar refractivity (Wildman–Crippen MR) is 131 cm³/mol. The summed E-state index contributed by atoms with van der Waals surface area (Å²) in [6.45, 7) is 1.21. The number of carbonyl (C=O) groups excluding carboxylic acids is 1. The number of carboxylic acid groups (broad SMARTS) is 1. The molecule has 4 aromatic heterocycles. The third-order valence-corrected chi connectivity index (χ3v) is 6.72. The van der Waals surface area contributed by atoms with Crippen molar-refractivity contribution in [1.29, 1.82) is 0 Å². The zero-order chi connectivity index (χ0) is 26.4. The maximum absolute atomic E-state index is 12.4. The summed E-state index contributed by atoms with van der Waals surface area (Å²) >= 11 is 0. The van der Waals surface area contributed by atoms with Gasteiger partial charge >= 0.3 is 6.09 Å². The number of hydrogen-bond acceptors (Lipinski definition) is 10. The molecule has 194 valence electrons. The van der Waals surface area contributed by atoms with Crippen LogP contribution in [0.1, 0.15) is 18.2 Å². The second kappa shape index (κ2) is 8.92. The summed E-state index contributed by atoms with van der Waals surface area (Å²) in [7, 11) is 1.63. The summed E-state index contributed by atoms with van der Waals surface area (Å²) in [5.74, 6) is -0.00563. The number of amides is 2. The fourth-order valence-corrected chi connectivity index (χ4v) is 4.46. The van der Waals surface area contributed by atoms with Gasteiger partial charge in [0.2, 0.25) is 11.5 Å². The van der Waals surface area contributed by atoms with Gasteiger partial charge in [-0.2, -0.15) is 5.10 Å². The molecule has 38 heavy (non-hydrogen) atoms. The number of aromatic nitrogens is 6. The fraction of sp³-hybridized carbons (Fsp3) is 0.292. The number of pyridine rings is 1. The van der Waals surface area contributed by atoms with Crippen molar-refractivity contribution in [3.05, 3.63) is 54.7 Å². The van der Waals surface area contributed by atoms with E-state index in [1.54, 1.807) is 54.6 Å². The molecular formula is C24H23N9O5. The van der Waals surface area contributed by atoms with Gasteiger partial charge in [-0.15, -0.1) is 0 Å². The van der Waals surface area contributed by atoms with Crippen molar-refractivity contribution in [3.8, 4) is 22.8 Å². The Morgan fingerprint density at radius 3 is 2.66 bits per heavy atom. The number of aliphatic hydroxyl groups is 1. The summed E-state index contributed by atoms with van der Waals surface area (Å²) < 4.78 is 7.06. The Labute approximate surface area is 215 Å². The average molecular weight is 518 g/mol. The highest BCUT2D eigenvalue weighted by atomic mass is 16.5. The van der Waals surface area contributed by atoms with Crippen LogP contribution < -0.4 is 5.32 Å². The molecule has 2 aliphatic heterocycles. The molecule has 6 heterocycles. The Hall–Kier alpha value is -4.85. The first-order valence-electron chi connectivity index (χ1n) is 11.9. The van der Waals surface area contributed by atoms with E-state index in [9.17, 15) is 14.7 Å². The van der Waals surface area contributed by atoms with Crippen molar-refractivity contribution >= 4 is 23.6 Å². The van der Waals surface area contributed by atoms with Crippen LogP contribution >= 0.6 is 0 Å². The monoisotopic (exact) mass is 517 g/mol. The van der Waals surface area contributed by atoms with Crippen LogP contribution in [-0.2, 0) is 10.4 Å². The zero-order valence-corrected chi connectivity index (χ0v) is 20.2. The average Bonchev–Trinajstić information content (AvgIpc) is 3.61. The first-order valence-corrected chi connectivity index (χ1v) is 11.9. The standard InChI is InChI=1S/C24H23N9O5/c1-31-8-6-24(37,21(31)34)20-9-19(30-38-20)17-4-2-3-16(28-17)18-5-7-25-22(29-18)27-14-10-26-33(11-14)15-12-32(13-15)23(35)36/h2-5,7,9-11,15,37H,6,8,12-13H2,1H3,(H,35,36)(H,25,27,29)/t24-/m1/s1. The lowest BCUT2D eigenvalue weighted by atomic mass is 9.98. The van der Waals surface area contributed by atoms with E-state index in [2.05, 4.69) is 30.5 Å². The van der Waals surface area contributed by atoms with Crippen molar-refractivity contribution in [2.75, 3.05) is 32.0 Å². The Bertz CT molecular complexity index is 1530. The Morgan fingerprint density at radius 1 is 1.16 bits per heavy atom. The van der Waals surface area contributed by atoms with Crippen LogP contribution in [0.4, 0.5) is 16.4 Å². The fourth-order valence-electron chi connectivity index (χ4n) is 4.46. The third-order valence-electron chi connectivity index (χ3n) is 6.72. The van der Waals surface area contributed by atoms with E-state index < -0.39 is 17.6 Å². The lowest BCUT2D eigenvalue weighted by Gasteiger charge is -2.36. The largest absolute Gasteiger partial charge is 0.465 e. The lowest BCUT2D eigenvalue weighted by Crippen LogP contribution is -2.50. The molecule has 3 N–H and O–H groups in total. The van der Waals surface area contributed by atoms with Crippen LogP contribution in [-0.4, -0.2) is 88.6 Å². The van der Waals surface area contributed by atoms with Crippen molar-refractivity contribution in [2.24, 2.45) is 0 Å². The Balaban J connectivity index is 1.18. The van der Waals surface area contributed by atoms with E-state index in [1.165, 1.54) is 15.9 Å². The molecule has 2 aliphatic rings. The molecule has 0 radical (unpaired) electrons. The topological polar surface area (TPSA) is 176 Å². The normalized spacial score (nSPS) is 19.6. The molecule has 0 unspecified atom stereocenters. The van der Waals surface area contributed by atoms with Gasteiger partial charge in [-0.05, 0) is 18.2 Å². The van der Waals surface area contributed by atoms with Gasteiger partial charge < -0.3 is 29.9 Å². The number of likely N-dealkylation sites (N-methyl/N-ethyl adjacent to an activating group) is 1. The summed E-state index contributed by atoms with van der Waals surface area (Å²) in [5, 5.41) is 31.3.